The minimum atomic E-state index is -0.793. The van der Waals surface area contributed by atoms with Crippen molar-refractivity contribution in [3.05, 3.63) is 59.7 Å². The van der Waals surface area contributed by atoms with Crippen LogP contribution in [0, 0.1) is 0 Å². The molecule has 1 N–H and O–H groups in total. The van der Waals surface area contributed by atoms with E-state index in [-0.39, 0.29) is 30.8 Å². The normalized spacial score (nSPS) is 15.9. The van der Waals surface area contributed by atoms with Crippen LogP contribution in [0.4, 0.5) is 4.79 Å². The van der Waals surface area contributed by atoms with Crippen LogP contribution in [0.2, 0.25) is 0 Å². The van der Waals surface area contributed by atoms with Crippen molar-refractivity contribution in [1.29, 1.82) is 0 Å². The van der Waals surface area contributed by atoms with Crippen molar-refractivity contribution in [2.45, 2.75) is 12.3 Å². The van der Waals surface area contributed by atoms with Crippen LogP contribution in [-0.2, 0) is 9.53 Å². The van der Waals surface area contributed by atoms with Gasteiger partial charge in [0.05, 0.1) is 6.42 Å². The number of carbonyl (C=O) groups excluding carboxylic acids is 1. The topological polar surface area (TPSA) is 70.1 Å². The number of halogens is 1. The second-order valence-electron chi connectivity index (χ2n) is 7.28. The van der Waals surface area contributed by atoms with Crippen molar-refractivity contribution in [2.24, 2.45) is 0 Å². The van der Waals surface area contributed by atoms with Crippen LogP contribution in [0.3, 0.4) is 0 Å². The molecule has 6 nitrogen and oxygen atoms in total. The zero-order valence-corrected chi connectivity index (χ0v) is 16.9. The van der Waals surface area contributed by atoms with Crippen LogP contribution in [0.15, 0.2) is 48.5 Å². The number of benzene rings is 2. The lowest BCUT2D eigenvalue weighted by molar-refractivity contribution is -0.137. The van der Waals surface area contributed by atoms with Gasteiger partial charge in [-0.2, -0.15) is 0 Å². The summed E-state index contributed by atoms with van der Waals surface area (Å²) in [6.07, 6.45) is -0.162. The Kier molecular flexibility index (Phi) is 6.77. The largest absolute Gasteiger partial charge is 0.481 e. The lowest BCUT2D eigenvalue weighted by Crippen LogP contribution is -2.49. The Morgan fingerprint density at radius 1 is 0.931 bits per heavy atom. The van der Waals surface area contributed by atoms with Crippen molar-refractivity contribution in [1.82, 2.24) is 9.80 Å². The van der Waals surface area contributed by atoms with Crippen molar-refractivity contribution in [3.63, 3.8) is 0 Å². The van der Waals surface area contributed by atoms with Crippen LogP contribution >= 0.6 is 12.4 Å². The molecule has 29 heavy (non-hydrogen) atoms. The van der Waals surface area contributed by atoms with E-state index in [0.29, 0.717) is 39.3 Å². The number of aliphatic carboxylic acids is 1. The quantitative estimate of drug-likeness (QED) is 0.808. The minimum Gasteiger partial charge on any atom is -0.481 e. The molecule has 0 aromatic heterocycles. The maximum Gasteiger partial charge on any atom is 0.409 e. The van der Waals surface area contributed by atoms with E-state index >= 15 is 0 Å². The van der Waals surface area contributed by atoms with Gasteiger partial charge in [0.25, 0.3) is 0 Å². The minimum absolute atomic E-state index is 0. The lowest BCUT2D eigenvalue weighted by Gasteiger charge is -2.34. The van der Waals surface area contributed by atoms with Gasteiger partial charge in [0.2, 0.25) is 0 Å². The summed E-state index contributed by atoms with van der Waals surface area (Å²) in [7, 11) is 0. The van der Waals surface area contributed by atoms with Gasteiger partial charge in [-0.05, 0) is 22.3 Å². The van der Waals surface area contributed by atoms with Gasteiger partial charge in [0, 0.05) is 38.6 Å². The first-order valence-corrected chi connectivity index (χ1v) is 9.67. The maximum atomic E-state index is 12.5. The van der Waals surface area contributed by atoms with Crippen molar-refractivity contribution in [3.8, 4) is 11.1 Å². The molecule has 0 bridgehead atoms. The Labute approximate surface area is 176 Å². The fourth-order valence-electron chi connectivity index (χ4n) is 4.09. The van der Waals surface area contributed by atoms with Crippen LogP contribution in [0.25, 0.3) is 11.1 Å². The van der Waals surface area contributed by atoms with Crippen LogP contribution in [-0.4, -0.2) is 66.3 Å². The molecular formula is C22H25ClN2O4. The van der Waals surface area contributed by atoms with E-state index in [1.807, 2.05) is 24.3 Å². The SMILES string of the molecule is Cl.O=C(O)CCN1CCN(C(=O)OCC2c3ccccc3-c3ccccc32)CC1. The molecule has 154 valence electrons. The summed E-state index contributed by atoms with van der Waals surface area (Å²) in [6.45, 7) is 3.33. The molecule has 1 aliphatic heterocycles. The van der Waals surface area contributed by atoms with Gasteiger partial charge < -0.3 is 14.7 Å². The molecule has 2 aromatic carbocycles. The Morgan fingerprint density at radius 2 is 1.48 bits per heavy atom. The van der Waals surface area contributed by atoms with Gasteiger partial charge in [-0.1, -0.05) is 48.5 Å². The van der Waals surface area contributed by atoms with Crippen LogP contribution < -0.4 is 0 Å². The summed E-state index contributed by atoms with van der Waals surface area (Å²) >= 11 is 0. The first-order chi connectivity index (χ1) is 13.6. The van der Waals surface area contributed by atoms with E-state index in [1.165, 1.54) is 22.3 Å². The Bertz CT molecular complexity index is 835. The molecule has 1 aliphatic carbocycles. The number of piperazine rings is 1. The molecule has 4 rings (SSSR count). The molecule has 0 atom stereocenters. The summed E-state index contributed by atoms with van der Waals surface area (Å²) in [5.41, 5.74) is 4.84. The molecule has 1 fully saturated rings. The third-order valence-electron chi connectivity index (χ3n) is 5.61. The molecule has 1 heterocycles. The molecule has 0 radical (unpaired) electrons. The predicted octanol–water partition coefficient (Wildman–Crippen LogP) is 3.45. The average Bonchev–Trinajstić information content (AvgIpc) is 3.05. The number of hydrogen-bond acceptors (Lipinski definition) is 4. The van der Waals surface area contributed by atoms with E-state index in [2.05, 4.69) is 29.2 Å². The summed E-state index contributed by atoms with van der Waals surface area (Å²) < 4.78 is 5.69. The summed E-state index contributed by atoms with van der Waals surface area (Å²) in [6, 6.07) is 16.6. The first kappa shape index (κ1) is 21.1. The van der Waals surface area contributed by atoms with Gasteiger partial charge in [-0.3, -0.25) is 9.69 Å². The molecular weight excluding hydrogens is 392 g/mol. The van der Waals surface area contributed by atoms with E-state index in [0.717, 1.165) is 0 Å². The fourth-order valence-corrected chi connectivity index (χ4v) is 4.09. The molecule has 2 aromatic rings. The van der Waals surface area contributed by atoms with Crippen molar-refractivity contribution < 1.29 is 19.4 Å². The molecule has 2 aliphatic rings. The van der Waals surface area contributed by atoms with Crippen molar-refractivity contribution in [2.75, 3.05) is 39.3 Å². The molecule has 1 saturated heterocycles. The molecule has 1 amide bonds. The molecule has 7 heteroatoms. The second kappa shape index (κ2) is 9.29. The summed E-state index contributed by atoms with van der Waals surface area (Å²) in [5.74, 6) is -0.729. The highest BCUT2D eigenvalue weighted by molar-refractivity contribution is 5.85. The summed E-state index contributed by atoms with van der Waals surface area (Å²) in [5, 5.41) is 8.79. The number of hydrogen-bond donors (Lipinski definition) is 1. The van der Waals surface area contributed by atoms with Crippen LogP contribution in [0.5, 0.6) is 0 Å². The number of carboxylic acids is 1. The Hall–Kier alpha value is -2.57. The van der Waals surface area contributed by atoms with E-state index < -0.39 is 5.97 Å². The Balaban J connectivity index is 0.00000240. The first-order valence-electron chi connectivity index (χ1n) is 9.67. The average molecular weight is 417 g/mol. The third-order valence-corrected chi connectivity index (χ3v) is 5.61. The Morgan fingerprint density at radius 3 is 2.03 bits per heavy atom. The highest BCUT2D eigenvalue weighted by Crippen LogP contribution is 2.44. The monoisotopic (exact) mass is 416 g/mol. The highest BCUT2D eigenvalue weighted by atomic mass is 35.5. The summed E-state index contributed by atoms with van der Waals surface area (Å²) in [4.78, 5) is 27.0. The number of amides is 1. The number of carboxylic acid groups (broad SMARTS) is 1. The van der Waals surface area contributed by atoms with Crippen LogP contribution in [0.1, 0.15) is 23.5 Å². The molecule has 0 saturated carbocycles. The van der Waals surface area contributed by atoms with Gasteiger partial charge >= 0.3 is 12.1 Å². The number of carbonyl (C=O) groups is 2. The molecule has 0 unspecified atom stereocenters. The standard InChI is InChI=1S/C22H24N2O4.ClH/c25-21(26)9-10-23-11-13-24(14-12-23)22(27)28-15-20-18-7-3-1-5-16(18)17-6-2-4-8-19(17)20;/h1-8,20H,9-15H2,(H,25,26);1H. The van der Waals surface area contributed by atoms with Gasteiger partial charge in [-0.25, -0.2) is 4.79 Å². The number of rotatable bonds is 5. The predicted molar refractivity (Wildman–Crippen MR) is 113 cm³/mol. The fraction of sp³-hybridized carbons (Fsp3) is 0.364. The van der Waals surface area contributed by atoms with Crippen molar-refractivity contribution >= 4 is 24.5 Å². The number of nitrogens with zero attached hydrogens (tertiary/aromatic N) is 2. The maximum absolute atomic E-state index is 12.5. The number of ether oxygens (including phenoxy) is 1. The zero-order chi connectivity index (χ0) is 19.5. The van der Waals surface area contributed by atoms with E-state index in [4.69, 9.17) is 9.84 Å². The lowest BCUT2D eigenvalue weighted by atomic mass is 9.98. The molecule has 0 spiro atoms. The third kappa shape index (κ3) is 4.54. The van der Waals surface area contributed by atoms with E-state index in [1.54, 1.807) is 4.90 Å². The van der Waals surface area contributed by atoms with Gasteiger partial charge in [0.15, 0.2) is 0 Å². The van der Waals surface area contributed by atoms with Gasteiger partial charge in [-0.15, -0.1) is 12.4 Å². The zero-order valence-electron chi connectivity index (χ0n) is 16.1. The smallest absolute Gasteiger partial charge is 0.409 e. The van der Waals surface area contributed by atoms with Gasteiger partial charge in [0.1, 0.15) is 6.61 Å². The second-order valence-corrected chi connectivity index (χ2v) is 7.28. The number of fused-ring (bicyclic) bond motifs is 3. The van der Waals surface area contributed by atoms with E-state index in [9.17, 15) is 9.59 Å². The highest BCUT2D eigenvalue weighted by Gasteiger charge is 2.30.